The van der Waals surface area contributed by atoms with E-state index in [0.29, 0.717) is 6.54 Å². The van der Waals surface area contributed by atoms with Crippen LogP contribution in [-0.4, -0.2) is 44.5 Å². The maximum atomic E-state index is 12.3. The Kier molecular flexibility index (Phi) is 6.39. The van der Waals surface area contributed by atoms with Crippen LogP contribution in [0.1, 0.15) is 17.9 Å². The van der Waals surface area contributed by atoms with Crippen LogP contribution >= 0.6 is 0 Å². The average molecular weight is 249 g/mol. The number of nitrogens with two attached hydrogens (primary N) is 1. The standard InChI is InChI=1S/C14H23N3O/c1-16-9-6-10-17(2)14(18)13(11-15)12-7-4-3-5-8-12/h3-5,7-8,13,16H,6,9-11,15H2,1-2H3. The SMILES string of the molecule is CNCCCN(C)C(=O)C(CN)c1ccccc1. The Morgan fingerprint density at radius 2 is 2.06 bits per heavy atom. The number of rotatable bonds is 7. The molecule has 1 aromatic carbocycles. The van der Waals surface area contributed by atoms with Crippen molar-refractivity contribution in [2.24, 2.45) is 5.73 Å². The van der Waals surface area contributed by atoms with E-state index in [1.54, 1.807) is 4.90 Å². The minimum atomic E-state index is -0.231. The fourth-order valence-electron chi connectivity index (χ4n) is 1.93. The van der Waals surface area contributed by atoms with Gasteiger partial charge >= 0.3 is 0 Å². The van der Waals surface area contributed by atoms with E-state index in [1.165, 1.54) is 0 Å². The number of benzene rings is 1. The van der Waals surface area contributed by atoms with Crippen molar-refractivity contribution in [2.45, 2.75) is 12.3 Å². The molecular formula is C14H23N3O. The first-order valence-electron chi connectivity index (χ1n) is 6.35. The van der Waals surface area contributed by atoms with E-state index in [0.717, 1.165) is 25.1 Å². The summed E-state index contributed by atoms with van der Waals surface area (Å²) in [6, 6.07) is 9.73. The first kappa shape index (κ1) is 14.7. The highest BCUT2D eigenvalue weighted by atomic mass is 16.2. The number of carbonyl (C=O) groups excluding carboxylic acids is 1. The number of hydrogen-bond donors (Lipinski definition) is 2. The van der Waals surface area contributed by atoms with Gasteiger partial charge in [0.25, 0.3) is 0 Å². The van der Waals surface area contributed by atoms with Gasteiger partial charge in [-0.3, -0.25) is 4.79 Å². The van der Waals surface area contributed by atoms with Gasteiger partial charge < -0.3 is 16.0 Å². The van der Waals surface area contributed by atoms with Gasteiger partial charge in [0.2, 0.25) is 5.91 Å². The molecule has 1 amide bonds. The molecule has 0 radical (unpaired) electrons. The molecule has 0 aliphatic carbocycles. The normalized spacial score (nSPS) is 12.2. The van der Waals surface area contributed by atoms with E-state index >= 15 is 0 Å². The molecule has 0 fully saturated rings. The highest BCUT2D eigenvalue weighted by Gasteiger charge is 2.21. The third kappa shape index (κ3) is 4.13. The summed E-state index contributed by atoms with van der Waals surface area (Å²) >= 11 is 0. The third-order valence-corrected chi connectivity index (χ3v) is 3.03. The molecule has 0 bridgehead atoms. The predicted molar refractivity (Wildman–Crippen MR) is 74.4 cm³/mol. The summed E-state index contributed by atoms with van der Waals surface area (Å²) in [7, 11) is 3.75. The van der Waals surface area contributed by atoms with Crippen LogP contribution in [0.2, 0.25) is 0 Å². The van der Waals surface area contributed by atoms with Gasteiger partial charge in [0.1, 0.15) is 0 Å². The van der Waals surface area contributed by atoms with Crippen molar-refractivity contribution in [1.82, 2.24) is 10.2 Å². The summed E-state index contributed by atoms with van der Waals surface area (Å²) in [5.41, 5.74) is 6.73. The van der Waals surface area contributed by atoms with Gasteiger partial charge in [-0.15, -0.1) is 0 Å². The lowest BCUT2D eigenvalue weighted by Gasteiger charge is -2.23. The minimum absolute atomic E-state index is 0.0970. The van der Waals surface area contributed by atoms with E-state index in [1.807, 2.05) is 44.4 Å². The van der Waals surface area contributed by atoms with Gasteiger partial charge in [0.05, 0.1) is 5.92 Å². The first-order chi connectivity index (χ1) is 8.70. The zero-order chi connectivity index (χ0) is 13.4. The van der Waals surface area contributed by atoms with Crippen LogP contribution in [0.5, 0.6) is 0 Å². The zero-order valence-electron chi connectivity index (χ0n) is 11.2. The van der Waals surface area contributed by atoms with Crippen LogP contribution in [0.15, 0.2) is 30.3 Å². The van der Waals surface area contributed by atoms with Crippen molar-refractivity contribution in [3.8, 4) is 0 Å². The van der Waals surface area contributed by atoms with Gasteiger partial charge in [-0.1, -0.05) is 30.3 Å². The van der Waals surface area contributed by atoms with Crippen molar-refractivity contribution in [2.75, 3.05) is 33.7 Å². The summed E-state index contributed by atoms with van der Waals surface area (Å²) < 4.78 is 0. The molecule has 1 rings (SSSR count). The van der Waals surface area contributed by atoms with E-state index in [4.69, 9.17) is 5.73 Å². The lowest BCUT2D eigenvalue weighted by molar-refractivity contribution is -0.131. The largest absolute Gasteiger partial charge is 0.345 e. The van der Waals surface area contributed by atoms with Crippen LogP contribution in [0, 0.1) is 0 Å². The molecule has 0 saturated carbocycles. The second kappa shape index (κ2) is 7.84. The van der Waals surface area contributed by atoms with Crippen molar-refractivity contribution in [1.29, 1.82) is 0 Å². The average Bonchev–Trinajstić information content (AvgIpc) is 2.41. The predicted octanol–water partition coefficient (Wildman–Crippen LogP) is 0.797. The maximum absolute atomic E-state index is 12.3. The Labute approximate surface area is 109 Å². The Hall–Kier alpha value is -1.39. The molecule has 0 aromatic heterocycles. The van der Waals surface area contributed by atoms with Crippen molar-refractivity contribution in [3.05, 3.63) is 35.9 Å². The second-order valence-corrected chi connectivity index (χ2v) is 4.42. The number of amides is 1. The van der Waals surface area contributed by atoms with Gasteiger partial charge in [0.15, 0.2) is 0 Å². The second-order valence-electron chi connectivity index (χ2n) is 4.42. The molecule has 0 spiro atoms. The fourth-order valence-corrected chi connectivity index (χ4v) is 1.93. The molecule has 0 aliphatic rings. The molecule has 18 heavy (non-hydrogen) atoms. The number of nitrogens with zero attached hydrogens (tertiary/aromatic N) is 1. The molecule has 1 aromatic rings. The molecule has 1 atom stereocenters. The van der Waals surface area contributed by atoms with Gasteiger partial charge in [0, 0.05) is 20.1 Å². The lowest BCUT2D eigenvalue weighted by Crippen LogP contribution is -2.36. The van der Waals surface area contributed by atoms with Crippen LogP contribution in [0.4, 0.5) is 0 Å². The van der Waals surface area contributed by atoms with Crippen LogP contribution in [0.25, 0.3) is 0 Å². The monoisotopic (exact) mass is 249 g/mol. The highest BCUT2D eigenvalue weighted by molar-refractivity contribution is 5.83. The molecular weight excluding hydrogens is 226 g/mol. The summed E-state index contributed by atoms with van der Waals surface area (Å²) in [6.07, 6.45) is 0.949. The molecule has 0 heterocycles. The maximum Gasteiger partial charge on any atom is 0.231 e. The number of nitrogens with one attached hydrogen (secondary N) is 1. The number of hydrogen-bond acceptors (Lipinski definition) is 3. The van der Waals surface area contributed by atoms with Gasteiger partial charge in [-0.05, 0) is 25.6 Å². The van der Waals surface area contributed by atoms with Gasteiger partial charge in [-0.2, -0.15) is 0 Å². The Morgan fingerprint density at radius 1 is 1.39 bits per heavy atom. The highest BCUT2D eigenvalue weighted by Crippen LogP contribution is 2.16. The van der Waals surface area contributed by atoms with E-state index < -0.39 is 0 Å². The van der Waals surface area contributed by atoms with E-state index in [2.05, 4.69) is 5.32 Å². The molecule has 4 heteroatoms. The smallest absolute Gasteiger partial charge is 0.231 e. The molecule has 100 valence electrons. The molecule has 4 nitrogen and oxygen atoms in total. The van der Waals surface area contributed by atoms with Crippen molar-refractivity contribution in [3.63, 3.8) is 0 Å². The Morgan fingerprint density at radius 3 is 2.61 bits per heavy atom. The lowest BCUT2D eigenvalue weighted by atomic mass is 9.98. The first-order valence-corrected chi connectivity index (χ1v) is 6.35. The number of carbonyl (C=O) groups is 1. The van der Waals surface area contributed by atoms with Crippen LogP contribution in [-0.2, 0) is 4.79 Å². The summed E-state index contributed by atoms with van der Waals surface area (Å²) in [5.74, 6) is -0.134. The van der Waals surface area contributed by atoms with Crippen molar-refractivity contribution >= 4 is 5.91 Å². The van der Waals surface area contributed by atoms with E-state index in [-0.39, 0.29) is 11.8 Å². The van der Waals surface area contributed by atoms with Gasteiger partial charge in [-0.25, -0.2) is 0 Å². The van der Waals surface area contributed by atoms with E-state index in [9.17, 15) is 4.79 Å². The molecule has 0 aliphatic heterocycles. The Balaban J connectivity index is 2.62. The number of likely N-dealkylation sites (N-methyl/N-ethyl adjacent to an activating group) is 1. The molecule has 0 saturated heterocycles. The molecule has 1 unspecified atom stereocenters. The zero-order valence-corrected chi connectivity index (χ0v) is 11.2. The minimum Gasteiger partial charge on any atom is -0.345 e. The van der Waals surface area contributed by atoms with Crippen molar-refractivity contribution < 1.29 is 4.79 Å². The summed E-state index contributed by atoms with van der Waals surface area (Å²) in [4.78, 5) is 14.1. The quantitative estimate of drug-likeness (QED) is 0.703. The summed E-state index contributed by atoms with van der Waals surface area (Å²) in [6.45, 7) is 2.01. The topological polar surface area (TPSA) is 58.4 Å². The molecule has 3 N–H and O–H groups in total. The Bertz CT molecular complexity index is 353. The van der Waals surface area contributed by atoms with Crippen LogP contribution in [0.3, 0.4) is 0 Å². The third-order valence-electron chi connectivity index (χ3n) is 3.03. The fraction of sp³-hybridized carbons (Fsp3) is 0.500. The van der Waals surface area contributed by atoms with Crippen LogP contribution < -0.4 is 11.1 Å². The summed E-state index contributed by atoms with van der Waals surface area (Å²) in [5, 5.41) is 3.07.